The van der Waals surface area contributed by atoms with Crippen molar-refractivity contribution in [2.45, 2.75) is 19.8 Å². The van der Waals surface area contributed by atoms with Crippen molar-refractivity contribution >= 4 is 22.2 Å². The molecule has 0 spiro atoms. The van der Waals surface area contributed by atoms with Crippen LogP contribution in [-0.4, -0.2) is 4.98 Å². The average Bonchev–Trinajstić information content (AvgIpc) is 2.61. The molecule has 0 aliphatic carbocycles. The normalized spacial score (nSPS) is 10.9. The van der Waals surface area contributed by atoms with Gasteiger partial charge in [-0.3, -0.25) is 0 Å². The molecular weight excluding hydrogens is 218 g/mol. The Balaban J connectivity index is 2.50. The van der Waals surface area contributed by atoms with Gasteiger partial charge in [-0.25, -0.2) is 4.98 Å². The number of aromatic nitrogens is 1. The number of nitrogens with two attached hydrogens (primary N) is 2. The summed E-state index contributed by atoms with van der Waals surface area (Å²) in [4.78, 5) is 5.61. The second-order valence-corrected chi connectivity index (χ2v) is 5.10. The van der Waals surface area contributed by atoms with Gasteiger partial charge >= 0.3 is 0 Å². The number of nitrogen functional groups attached to an aromatic ring is 2. The summed E-state index contributed by atoms with van der Waals surface area (Å²) in [7, 11) is 0. The van der Waals surface area contributed by atoms with Crippen LogP contribution in [0.15, 0.2) is 24.3 Å². The molecule has 4 heteroatoms. The molecule has 2 aromatic rings. The van der Waals surface area contributed by atoms with Crippen molar-refractivity contribution in [3.8, 4) is 11.3 Å². The van der Waals surface area contributed by atoms with Gasteiger partial charge in [0.2, 0.25) is 0 Å². The van der Waals surface area contributed by atoms with Gasteiger partial charge in [0.15, 0.2) is 5.13 Å². The highest BCUT2D eigenvalue weighted by Crippen LogP contribution is 2.34. The van der Waals surface area contributed by atoms with Crippen LogP contribution in [0, 0.1) is 0 Å². The fraction of sp³-hybridized carbons (Fsp3) is 0.250. The number of hydrogen-bond acceptors (Lipinski definition) is 4. The van der Waals surface area contributed by atoms with Crippen LogP contribution in [0.4, 0.5) is 10.8 Å². The van der Waals surface area contributed by atoms with Gasteiger partial charge in [0.25, 0.3) is 0 Å². The molecular formula is C12H15N3S. The van der Waals surface area contributed by atoms with E-state index in [1.807, 2.05) is 24.3 Å². The van der Waals surface area contributed by atoms with Crippen LogP contribution in [0.5, 0.6) is 0 Å². The second kappa shape index (κ2) is 4.14. The Hall–Kier alpha value is -1.55. The number of benzene rings is 1. The molecule has 1 aromatic heterocycles. The Morgan fingerprint density at radius 1 is 1.12 bits per heavy atom. The van der Waals surface area contributed by atoms with Crippen molar-refractivity contribution < 1.29 is 0 Å². The van der Waals surface area contributed by atoms with Crippen LogP contribution < -0.4 is 11.5 Å². The molecule has 3 nitrogen and oxygen atoms in total. The lowest BCUT2D eigenvalue weighted by Gasteiger charge is -2.05. The Bertz CT molecular complexity index is 485. The van der Waals surface area contributed by atoms with E-state index < -0.39 is 0 Å². The topological polar surface area (TPSA) is 64.9 Å². The predicted molar refractivity (Wildman–Crippen MR) is 70.5 cm³/mol. The molecule has 0 saturated heterocycles. The maximum atomic E-state index is 5.77. The Kier molecular flexibility index (Phi) is 2.83. The maximum Gasteiger partial charge on any atom is 0.180 e. The molecule has 0 atom stereocenters. The molecule has 0 bridgehead atoms. The number of anilines is 2. The predicted octanol–water partition coefficient (Wildman–Crippen LogP) is 3.10. The zero-order valence-electron chi connectivity index (χ0n) is 9.40. The highest BCUT2D eigenvalue weighted by Gasteiger charge is 2.14. The molecule has 0 fully saturated rings. The maximum absolute atomic E-state index is 5.77. The van der Waals surface area contributed by atoms with Crippen LogP contribution in [0.2, 0.25) is 0 Å². The summed E-state index contributed by atoms with van der Waals surface area (Å²) in [5.41, 5.74) is 14.3. The first-order valence-electron chi connectivity index (χ1n) is 5.20. The van der Waals surface area contributed by atoms with E-state index in [2.05, 4.69) is 18.8 Å². The Labute approximate surface area is 99.1 Å². The minimum absolute atomic E-state index is 0.433. The SMILES string of the molecule is CC(C)c1sc(N)nc1-c1ccc(N)cc1. The van der Waals surface area contributed by atoms with Gasteiger partial charge in [0.05, 0.1) is 5.69 Å². The third-order valence-electron chi connectivity index (χ3n) is 2.38. The second-order valence-electron chi connectivity index (χ2n) is 4.04. The molecule has 0 aliphatic rings. The third-order valence-corrected chi connectivity index (χ3v) is 3.56. The van der Waals surface area contributed by atoms with E-state index in [4.69, 9.17) is 11.5 Å². The van der Waals surface area contributed by atoms with E-state index in [1.165, 1.54) is 4.88 Å². The smallest absolute Gasteiger partial charge is 0.180 e. The van der Waals surface area contributed by atoms with Crippen molar-refractivity contribution in [2.75, 3.05) is 11.5 Å². The molecule has 0 radical (unpaired) electrons. The molecule has 0 saturated carbocycles. The Morgan fingerprint density at radius 2 is 1.75 bits per heavy atom. The van der Waals surface area contributed by atoms with E-state index in [0.717, 1.165) is 16.9 Å². The summed E-state index contributed by atoms with van der Waals surface area (Å²) in [5, 5.41) is 0.621. The first-order chi connectivity index (χ1) is 7.58. The quantitative estimate of drug-likeness (QED) is 0.783. The van der Waals surface area contributed by atoms with Gasteiger partial charge in [-0.2, -0.15) is 0 Å². The van der Waals surface area contributed by atoms with E-state index in [-0.39, 0.29) is 0 Å². The average molecular weight is 233 g/mol. The minimum atomic E-state index is 0.433. The highest BCUT2D eigenvalue weighted by atomic mass is 32.1. The van der Waals surface area contributed by atoms with Crippen molar-refractivity contribution in [3.63, 3.8) is 0 Å². The summed E-state index contributed by atoms with van der Waals surface area (Å²) < 4.78 is 0. The molecule has 4 N–H and O–H groups in total. The molecule has 0 unspecified atom stereocenters. The van der Waals surface area contributed by atoms with Crippen molar-refractivity contribution in [3.05, 3.63) is 29.1 Å². The molecule has 0 amide bonds. The van der Waals surface area contributed by atoms with Crippen LogP contribution in [0.25, 0.3) is 11.3 Å². The van der Waals surface area contributed by atoms with Crippen LogP contribution in [0.1, 0.15) is 24.6 Å². The summed E-state index contributed by atoms with van der Waals surface area (Å²) in [6, 6.07) is 7.73. The van der Waals surface area contributed by atoms with E-state index in [1.54, 1.807) is 11.3 Å². The summed E-state index contributed by atoms with van der Waals surface area (Å²) in [5.74, 6) is 0.433. The summed E-state index contributed by atoms with van der Waals surface area (Å²) >= 11 is 1.56. The standard InChI is InChI=1S/C12H15N3S/c1-7(2)11-10(15-12(14)16-11)8-3-5-9(13)6-4-8/h3-7H,13H2,1-2H3,(H2,14,15). The lowest BCUT2D eigenvalue weighted by molar-refractivity contribution is 0.888. The molecule has 1 aromatic carbocycles. The summed E-state index contributed by atoms with van der Waals surface area (Å²) in [6.07, 6.45) is 0. The van der Waals surface area contributed by atoms with Gasteiger partial charge < -0.3 is 11.5 Å². The van der Waals surface area contributed by atoms with Crippen molar-refractivity contribution in [1.82, 2.24) is 4.98 Å². The largest absolute Gasteiger partial charge is 0.399 e. The Morgan fingerprint density at radius 3 is 2.31 bits per heavy atom. The minimum Gasteiger partial charge on any atom is -0.399 e. The van der Waals surface area contributed by atoms with Gasteiger partial charge in [-0.05, 0) is 18.1 Å². The number of rotatable bonds is 2. The van der Waals surface area contributed by atoms with Crippen LogP contribution in [-0.2, 0) is 0 Å². The van der Waals surface area contributed by atoms with Crippen LogP contribution in [0.3, 0.4) is 0 Å². The lowest BCUT2D eigenvalue weighted by Crippen LogP contribution is -1.89. The summed E-state index contributed by atoms with van der Waals surface area (Å²) in [6.45, 7) is 4.29. The van der Waals surface area contributed by atoms with Gasteiger partial charge in [-0.15, -0.1) is 11.3 Å². The first-order valence-corrected chi connectivity index (χ1v) is 6.01. The number of hydrogen-bond donors (Lipinski definition) is 2. The molecule has 2 rings (SSSR count). The van der Waals surface area contributed by atoms with E-state index in [0.29, 0.717) is 11.0 Å². The molecule has 84 valence electrons. The van der Waals surface area contributed by atoms with Crippen LogP contribution >= 0.6 is 11.3 Å². The molecule has 16 heavy (non-hydrogen) atoms. The molecule has 1 heterocycles. The van der Waals surface area contributed by atoms with Gasteiger partial charge in [-0.1, -0.05) is 26.0 Å². The van der Waals surface area contributed by atoms with E-state index in [9.17, 15) is 0 Å². The highest BCUT2D eigenvalue weighted by molar-refractivity contribution is 7.15. The lowest BCUT2D eigenvalue weighted by atomic mass is 10.1. The molecule has 0 aliphatic heterocycles. The number of nitrogens with zero attached hydrogens (tertiary/aromatic N) is 1. The van der Waals surface area contributed by atoms with Crippen molar-refractivity contribution in [2.24, 2.45) is 0 Å². The van der Waals surface area contributed by atoms with Gasteiger partial charge in [0.1, 0.15) is 0 Å². The van der Waals surface area contributed by atoms with Gasteiger partial charge in [0, 0.05) is 16.1 Å². The fourth-order valence-electron chi connectivity index (χ4n) is 1.59. The fourth-order valence-corrected chi connectivity index (χ4v) is 2.45. The third kappa shape index (κ3) is 2.02. The zero-order valence-corrected chi connectivity index (χ0v) is 10.2. The first kappa shape index (κ1) is 11.0. The van der Waals surface area contributed by atoms with Crippen molar-refractivity contribution in [1.29, 1.82) is 0 Å². The monoisotopic (exact) mass is 233 g/mol. The zero-order chi connectivity index (χ0) is 11.7. The van der Waals surface area contributed by atoms with E-state index >= 15 is 0 Å². The number of thiazole rings is 1.